The number of carbonyl (C=O) groups is 1. The maximum atomic E-state index is 12.0. The van der Waals surface area contributed by atoms with Crippen LogP contribution in [0.2, 0.25) is 0 Å². The van der Waals surface area contributed by atoms with Crippen molar-refractivity contribution in [3.8, 4) is 0 Å². The number of carbonyl (C=O) groups excluding carboxylic acids is 1. The van der Waals surface area contributed by atoms with Gasteiger partial charge in [-0.15, -0.1) is 0 Å². The van der Waals surface area contributed by atoms with Crippen LogP contribution in [-0.4, -0.2) is 17.9 Å². The highest BCUT2D eigenvalue weighted by Crippen LogP contribution is 2.28. The first-order valence-corrected chi connectivity index (χ1v) is 6.94. The summed E-state index contributed by atoms with van der Waals surface area (Å²) in [4.78, 5) is 13.8. The van der Waals surface area contributed by atoms with Crippen LogP contribution in [0, 0.1) is 12.8 Å². The summed E-state index contributed by atoms with van der Waals surface area (Å²) in [5, 5.41) is 0. The van der Waals surface area contributed by atoms with Crippen LogP contribution >= 0.6 is 0 Å². The first-order valence-electron chi connectivity index (χ1n) is 6.94. The summed E-state index contributed by atoms with van der Waals surface area (Å²) in [5.41, 5.74) is 0. The largest absolute Gasteiger partial charge is 0.464 e. The second-order valence-electron chi connectivity index (χ2n) is 5.45. The lowest BCUT2D eigenvalue weighted by molar-refractivity contribution is -0.131. The van der Waals surface area contributed by atoms with E-state index in [0.717, 1.165) is 23.9 Å². The van der Waals surface area contributed by atoms with E-state index in [1.54, 1.807) is 4.90 Å². The van der Waals surface area contributed by atoms with E-state index in [9.17, 15) is 4.79 Å². The van der Waals surface area contributed by atoms with Gasteiger partial charge in [0.2, 0.25) is 5.91 Å². The molecule has 0 N–H and O–H groups in total. The average molecular weight is 249 g/mol. The lowest BCUT2D eigenvalue weighted by atomic mass is 10.0. The zero-order valence-electron chi connectivity index (χ0n) is 11.4. The lowest BCUT2D eigenvalue weighted by Crippen LogP contribution is -2.26. The van der Waals surface area contributed by atoms with Crippen molar-refractivity contribution >= 4 is 5.91 Å². The van der Waals surface area contributed by atoms with E-state index in [1.165, 1.54) is 25.7 Å². The number of hydrogen-bond acceptors (Lipinski definition) is 2. The lowest BCUT2D eigenvalue weighted by Gasteiger charge is -2.17. The maximum Gasteiger partial charge on any atom is 0.222 e. The summed E-state index contributed by atoms with van der Waals surface area (Å²) in [5.74, 6) is 2.78. The highest BCUT2D eigenvalue weighted by molar-refractivity contribution is 5.75. The van der Waals surface area contributed by atoms with Crippen LogP contribution in [0.3, 0.4) is 0 Å². The van der Waals surface area contributed by atoms with Gasteiger partial charge in [0.05, 0.1) is 6.54 Å². The Morgan fingerprint density at radius 3 is 2.72 bits per heavy atom. The zero-order valence-corrected chi connectivity index (χ0v) is 11.4. The van der Waals surface area contributed by atoms with E-state index >= 15 is 0 Å². The van der Waals surface area contributed by atoms with Crippen molar-refractivity contribution in [2.75, 3.05) is 7.05 Å². The van der Waals surface area contributed by atoms with Crippen molar-refractivity contribution in [3.63, 3.8) is 0 Å². The molecule has 1 aromatic rings. The number of hydrogen-bond donors (Lipinski definition) is 0. The normalized spacial score (nSPS) is 16.1. The van der Waals surface area contributed by atoms with E-state index in [4.69, 9.17) is 4.42 Å². The molecule has 0 saturated heterocycles. The monoisotopic (exact) mass is 249 g/mol. The summed E-state index contributed by atoms with van der Waals surface area (Å²) in [7, 11) is 1.86. The topological polar surface area (TPSA) is 33.5 Å². The molecule has 3 nitrogen and oxygen atoms in total. The van der Waals surface area contributed by atoms with Crippen molar-refractivity contribution in [3.05, 3.63) is 23.7 Å². The van der Waals surface area contributed by atoms with E-state index in [-0.39, 0.29) is 5.91 Å². The molecule has 0 aliphatic heterocycles. The molecule has 0 aromatic carbocycles. The Bertz CT molecular complexity index is 391. The molecular formula is C15H23NO2. The van der Waals surface area contributed by atoms with Crippen molar-refractivity contribution in [2.45, 2.75) is 52.0 Å². The Kier molecular flexibility index (Phi) is 4.45. The first kappa shape index (κ1) is 13.2. The number of rotatable bonds is 5. The van der Waals surface area contributed by atoms with Crippen LogP contribution in [0.5, 0.6) is 0 Å². The van der Waals surface area contributed by atoms with Gasteiger partial charge < -0.3 is 9.32 Å². The fourth-order valence-electron chi connectivity index (χ4n) is 2.71. The summed E-state index contributed by atoms with van der Waals surface area (Å²) in [6.45, 7) is 2.50. The molecule has 0 unspecified atom stereocenters. The highest BCUT2D eigenvalue weighted by atomic mass is 16.3. The Hall–Kier alpha value is -1.25. The van der Waals surface area contributed by atoms with Gasteiger partial charge in [0.15, 0.2) is 0 Å². The number of aryl methyl sites for hydroxylation is 1. The summed E-state index contributed by atoms with van der Waals surface area (Å²) >= 11 is 0. The highest BCUT2D eigenvalue weighted by Gasteiger charge is 2.18. The van der Waals surface area contributed by atoms with Crippen LogP contribution in [-0.2, 0) is 11.3 Å². The fraction of sp³-hybridized carbons (Fsp3) is 0.667. The van der Waals surface area contributed by atoms with E-state index < -0.39 is 0 Å². The molecule has 100 valence electrons. The molecule has 1 fully saturated rings. The van der Waals surface area contributed by atoms with Gasteiger partial charge in [-0.3, -0.25) is 4.79 Å². The molecule has 0 radical (unpaired) electrons. The van der Waals surface area contributed by atoms with Crippen molar-refractivity contribution in [1.82, 2.24) is 4.90 Å². The van der Waals surface area contributed by atoms with Crippen LogP contribution < -0.4 is 0 Å². The maximum absolute atomic E-state index is 12.0. The molecule has 1 aliphatic rings. The third-order valence-electron chi connectivity index (χ3n) is 3.86. The van der Waals surface area contributed by atoms with E-state index in [2.05, 4.69) is 0 Å². The SMILES string of the molecule is Cc1ccc(CN(C)C(=O)CCC2CCCC2)o1. The van der Waals surface area contributed by atoms with Gasteiger partial charge in [-0.1, -0.05) is 25.7 Å². The summed E-state index contributed by atoms with van der Waals surface area (Å²) in [6.07, 6.45) is 7.06. The second-order valence-corrected chi connectivity index (χ2v) is 5.45. The summed E-state index contributed by atoms with van der Waals surface area (Å²) < 4.78 is 5.49. The summed E-state index contributed by atoms with van der Waals surface area (Å²) in [6, 6.07) is 3.88. The van der Waals surface area contributed by atoms with E-state index in [0.29, 0.717) is 13.0 Å². The Balaban J connectivity index is 1.74. The zero-order chi connectivity index (χ0) is 13.0. The van der Waals surface area contributed by atoms with Crippen molar-refractivity contribution < 1.29 is 9.21 Å². The Morgan fingerprint density at radius 2 is 2.11 bits per heavy atom. The number of nitrogens with zero attached hydrogens (tertiary/aromatic N) is 1. The van der Waals surface area contributed by atoms with Gasteiger partial charge in [-0.25, -0.2) is 0 Å². The molecule has 18 heavy (non-hydrogen) atoms. The smallest absolute Gasteiger partial charge is 0.222 e. The van der Waals surface area contributed by atoms with Gasteiger partial charge in [0.1, 0.15) is 11.5 Å². The number of amides is 1. The van der Waals surface area contributed by atoms with Gasteiger partial charge in [0, 0.05) is 13.5 Å². The molecule has 1 aliphatic carbocycles. The van der Waals surface area contributed by atoms with Crippen LogP contribution in [0.15, 0.2) is 16.5 Å². The molecule has 1 amide bonds. The minimum absolute atomic E-state index is 0.232. The number of furan rings is 1. The molecule has 3 heteroatoms. The van der Waals surface area contributed by atoms with Crippen molar-refractivity contribution in [2.24, 2.45) is 5.92 Å². The van der Waals surface area contributed by atoms with Crippen LogP contribution in [0.4, 0.5) is 0 Å². The fourth-order valence-corrected chi connectivity index (χ4v) is 2.71. The Morgan fingerprint density at radius 1 is 1.39 bits per heavy atom. The molecule has 2 rings (SSSR count). The predicted molar refractivity (Wildman–Crippen MR) is 71.1 cm³/mol. The van der Waals surface area contributed by atoms with Gasteiger partial charge in [-0.2, -0.15) is 0 Å². The van der Waals surface area contributed by atoms with Gasteiger partial charge in [-0.05, 0) is 31.4 Å². The molecule has 0 spiro atoms. The van der Waals surface area contributed by atoms with Crippen LogP contribution in [0.1, 0.15) is 50.0 Å². The minimum atomic E-state index is 0.232. The minimum Gasteiger partial charge on any atom is -0.464 e. The molecule has 1 aromatic heterocycles. The standard InChI is InChI=1S/C15H23NO2/c1-12-7-9-14(18-12)11-16(2)15(17)10-8-13-5-3-4-6-13/h7,9,13H,3-6,8,10-11H2,1-2H3. The van der Waals surface area contributed by atoms with E-state index in [1.807, 2.05) is 26.1 Å². The van der Waals surface area contributed by atoms with Crippen molar-refractivity contribution in [1.29, 1.82) is 0 Å². The molecule has 1 saturated carbocycles. The first-order chi connectivity index (χ1) is 8.65. The van der Waals surface area contributed by atoms with Gasteiger partial charge in [0.25, 0.3) is 0 Å². The quantitative estimate of drug-likeness (QED) is 0.800. The average Bonchev–Trinajstić information content (AvgIpc) is 2.97. The molecule has 1 heterocycles. The van der Waals surface area contributed by atoms with Crippen LogP contribution in [0.25, 0.3) is 0 Å². The predicted octanol–water partition coefficient (Wildman–Crippen LogP) is 3.52. The molecule has 0 bridgehead atoms. The molecule has 0 atom stereocenters. The third kappa shape index (κ3) is 3.62. The molecular weight excluding hydrogens is 226 g/mol. The Labute approximate surface area is 109 Å². The second kappa shape index (κ2) is 6.07. The third-order valence-corrected chi connectivity index (χ3v) is 3.86. The van der Waals surface area contributed by atoms with Gasteiger partial charge >= 0.3 is 0 Å².